The second-order valence-corrected chi connectivity index (χ2v) is 5.90. The molecule has 0 bridgehead atoms. The molecule has 2 heteroatoms. The molecule has 0 radical (unpaired) electrons. The second kappa shape index (κ2) is 12.2. The predicted octanol–water partition coefficient (Wildman–Crippen LogP) is 5.27. The molecule has 0 aliphatic carbocycles. The Morgan fingerprint density at radius 1 is 0.947 bits per heavy atom. The highest BCUT2D eigenvalue weighted by Crippen LogP contribution is 2.16. The fourth-order valence-electron chi connectivity index (χ4n) is 2.36. The maximum Gasteiger partial charge on any atom is 0.150 e. The number of carbonyl (C=O) groups is 1. The van der Waals surface area contributed by atoms with Crippen molar-refractivity contribution < 1.29 is 4.79 Å². The number of unbranched alkanes of at least 4 members (excludes halogenated alkanes) is 8. The molecule has 0 heterocycles. The Morgan fingerprint density at radius 2 is 1.42 bits per heavy atom. The van der Waals surface area contributed by atoms with Gasteiger partial charge in [0.1, 0.15) is 11.7 Å². The second-order valence-electron chi connectivity index (χ2n) is 5.90. The van der Waals surface area contributed by atoms with Crippen LogP contribution in [-0.4, -0.2) is 5.78 Å². The first kappa shape index (κ1) is 18.2. The van der Waals surface area contributed by atoms with Crippen LogP contribution in [-0.2, 0) is 4.79 Å². The van der Waals surface area contributed by atoms with E-state index in [-0.39, 0.29) is 11.7 Å². The van der Waals surface area contributed by atoms with Gasteiger partial charge in [-0.05, 0) is 12.3 Å². The molecule has 0 saturated carbocycles. The van der Waals surface area contributed by atoms with Crippen LogP contribution in [0.4, 0.5) is 0 Å². The zero-order chi connectivity index (χ0) is 14.5. The van der Waals surface area contributed by atoms with Gasteiger partial charge in [0.2, 0.25) is 0 Å². The van der Waals surface area contributed by atoms with Crippen molar-refractivity contribution in [3.63, 3.8) is 0 Å². The van der Waals surface area contributed by atoms with Crippen molar-refractivity contribution in [3.05, 3.63) is 0 Å². The van der Waals surface area contributed by atoms with Crippen molar-refractivity contribution in [1.82, 2.24) is 0 Å². The van der Waals surface area contributed by atoms with Crippen molar-refractivity contribution in [1.29, 1.82) is 5.26 Å². The van der Waals surface area contributed by atoms with E-state index in [0.717, 1.165) is 12.8 Å². The molecule has 0 N–H and O–H groups in total. The van der Waals surface area contributed by atoms with Gasteiger partial charge in [-0.25, -0.2) is 0 Å². The first-order valence-electron chi connectivity index (χ1n) is 8.05. The van der Waals surface area contributed by atoms with Gasteiger partial charge in [0.25, 0.3) is 0 Å². The molecule has 0 fully saturated rings. The quantitative estimate of drug-likeness (QED) is 0.451. The fraction of sp³-hybridized carbons (Fsp3) is 0.882. The molecule has 2 nitrogen and oxygen atoms in total. The Hall–Kier alpha value is -0.840. The number of nitriles is 1. The summed E-state index contributed by atoms with van der Waals surface area (Å²) in [6.45, 7) is 6.13. The molecule has 0 aliphatic rings. The molecule has 0 spiro atoms. The Morgan fingerprint density at radius 3 is 1.84 bits per heavy atom. The van der Waals surface area contributed by atoms with E-state index in [0.29, 0.717) is 6.42 Å². The van der Waals surface area contributed by atoms with Gasteiger partial charge in [0.05, 0.1) is 6.07 Å². The van der Waals surface area contributed by atoms with Gasteiger partial charge in [-0.2, -0.15) is 5.26 Å². The minimum atomic E-state index is -0.394. The Labute approximate surface area is 119 Å². The Kier molecular flexibility index (Phi) is 11.7. The van der Waals surface area contributed by atoms with Gasteiger partial charge in [0, 0.05) is 6.42 Å². The van der Waals surface area contributed by atoms with Crippen LogP contribution in [0, 0.1) is 23.2 Å². The number of hydrogen-bond acceptors (Lipinski definition) is 2. The van der Waals surface area contributed by atoms with Crippen molar-refractivity contribution in [2.75, 3.05) is 0 Å². The number of ketones is 1. The maximum absolute atomic E-state index is 11.8. The normalized spacial score (nSPS) is 12.4. The van der Waals surface area contributed by atoms with Gasteiger partial charge in [0.15, 0.2) is 0 Å². The van der Waals surface area contributed by atoms with Crippen LogP contribution in [0.25, 0.3) is 0 Å². The molecule has 0 aromatic heterocycles. The lowest BCUT2D eigenvalue weighted by molar-refractivity contribution is -0.122. The first-order valence-corrected chi connectivity index (χ1v) is 8.05. The predicted molar refractivity (Wildman–Crippen MR) is 80.8 cm³/mol. The number of carbonyl (C=O) groups excluding carboxylic acids is 1. The van der Waals surface area contributed by atoms with Gasteiger partial charge >= 0.3 is 0 Å². The summed E-state index contributed by atoms with van der Waals surface area (Å²) in [5.74, 6) is -0.106. The largest absolute Gasteiger partial charge is 0.298 e. The van der Waals surface area contributed by atoms with Crippen LogP contribution in [0.5, 0.6) is 0 Å². The zero-order valence-electron chi connectivity index (χ0n) is 13.1. The summed E-state index contributed by atoms with van der Waals surface area (Å²) >= 11 is 0. The number of Topliss-reactive ketones (excluding diaryl/α,β-unsaturated/α-hetero) is 1. The summed E-state index contributed by atoms with van der Waals surface area (Å²) in [5.41, 5.74) is 0. The summed E-state index contributed by atoms with van der Waals surface area (Å²) in [6, 6.07) is 2.13. The van der Waals surface area contributed by atoms with E-state index in [1.54, 1.807) is 0 Å². The van der Waals surface area contributed by atoms with Crippen LogP contribution in [0.1, 0.15) is 85.0 Å². The minimum absolute atomic E-state index is 0.139. The van der Waals surface area contributed by atoms with E-state index < -0.39 is 5.92 Å². The number of hydrogen-bond donors (Lipinski definition) is 0. The van der Waals surface area contributed by atoms with E-state index >= 15 is 0 Å². The SMILES string of the molecule is CCCCCCCCCCCC(=O)C(C#N)C(C)C. The maximum atomic E-state index is 11.8. The molecule has 1 unspecified atom stereocenters. The van der Waals surface area contributed by atoms with Crippen LogP contribution < -0.4 is 0 Å². The summed E-state index contributed by atoms with van der Waals surface area (Å²) in [7, 11) is 0. The smallest absolute Gasteiger partial charge is 0.150 e. The van der Waals surface area contributed by atoms with Crippen LogP contribution in [0.3, 0.4) is 0 Å². The van der Waals surface area contributed by atoms with E-state index in [9.17, 15) is 4.79 Å². The topological polar surface area (TPSA) is 40.9 Å². The first-order chi connectivity index (χ1) is 9.13. The van der Waals surface area contributed by atoms with Crippen LogP contribution in [0.15, 0.2) is 0 Å². The molecular formula is C17H31NO. The summed E-state index contributed by atoms with van der Waals surface area (Å²) in [4.78, 5) is 11.8. The molecule has 110 valence electrons. The van der Waals surface area contributed by atoms with Gasteiger partial charge in [-0.3, -0.25) is 4.79 Å². The Balaban J connectivity index is 3.44. The summed E-state index contributed by atoms with van der Waals surface area (Å²) in [6.07, 6.45) is 11.9. The minimum Gasteiger partial charge on any atom is -0.298 e. The van der Waals surface area contributed by atoms with Crippen LogP contribution >= 0.6 is 0 Å². The van der Waals surface area contributed by atoms with Crippen LogP contribution in [0.2, 0.25) is 0 Å². The third-order valence-electron chi connectivity index (χ3n) is 3.68. The molecular weight excluding hydrogens is 234 g/mol. The third-order valence-corrected chi connectivity index (χ3v) is 3.68. The van der Waals surface area contributed by atoms with E-state index in [2.05, 4.69) is 13.0 Å². The summed E-state index contributed by atoms with van der Waals surface area (Å²) < 4.78 is 0. The van der Waals surface area contributed by atoms with E-state index in [1.807, 2.05) is 13.8 Å². The lowest BCUT2D eigenvalue weighted by Gasteiger charge is -2.11. The number of rotatable bonds is 12. The average Bonchev–Trinajstić information content (AvgIpc) is 2.37. The monoisotopic (exact) mass is 265 g/mol. The van der Waals surface area contributed by atoms with Crippen molar-refractivity contribution in [3.8, 4) is 6.07 Å². The third kappa shape index (κ3) is 9.70. The van der Waals surface area contributed by atoms with E-state index in [4.69, 9.17) is 5.26 Å². The Bertz CT molecular complexity index is 265. The molecule has 19 heavy (non-hydrogen) atoms. The molecule has 0 aromatic carbocycles. The molecule has 0 rings (SSSR count). The van der Waals surface area contributed by atoms with Crippen molar-refractivity contribution in [2.24, 2.45) is 11.8 Å². The highest BCUT2D eigenvalue weighted by Gasteiger charge is 2.20. The molecule has 0 amide bonds. The van der Waals surface area contributed by atoms with Crippen molar-refractivity contribution in [2.45, 2.75) is 85.0 Å². The van der Waals surface area contributed by atoms with Gasteiger partial charge < -0.3 is 0 Å². The van der Waals surface area contributed by atoms with Crippen molar-refractivity contribution >= 4 is 5.78 Å². The summed E-state index contributed by atoms with van der Waals surface area (Å²) in [5, 5.41) is 8.94. The molecule has 0 aromatic rings. The average molecular weight is 265 g/mol. The molecule has 1 atom stereocenters. The molecule has 0 aliphatic heterocycles. The zero-order valence-corrected chi connectivity index (χ0v) is 13.1. The highest BCUT2D eigenvalue weighted by molar-refractivity contribution is 5.83. The fourth-order valence-corrected chi connectivity index (χ4v) is 2.36. The highest BCUT2D eigenvalue weighted by atomic mass is 16.1. The molecule has 0 saturated heterocycles. The standard InChI is InChI=1S/C17H31NO/c1-4-5-6-7-8-9-10-11-12-13-17(19)16(14-18)15(2)3/h15-16H,4-13H2,1-3H3. The van der Waals surface area contributed by atoms with E-state index in [1.165, 1.54) is 44.9 Å². The van der Waals surface area contributed by atoms with Gasteiger partial charge in [-0.1, -0.05) is 72.1 Å². The number of nitrogens with zero attached hydrogens (tertiary/aromatic N) is 1. The van der Waals surface area contributed by atoms with Gasteiger partial charge in [-0.15, -0.1) is 0 Å². The lowest BCUT2D eigenvalue weighted by atomic mass is 9.90. The lowest BCUT2D eigenvalue weighted by Crippen LogP contribution is -2.18.